The van der Waals surface area contributed by atoms with Crippen molar-refractivity contribution in [1.29, 1.82) is 0 Å². The summed E-state index contributed by atoms with van der Waals surface area (Å²) in [6.07, 6.45) is 1.10. The van der Waals surface area contributed by atoms with Crippen LogP contribution in [0.1, 0.15) is 17.5 Å². The molecule has 1 heterocycles. The average Bonchev–Trinajstić information content (AvgIpc) is 2.95. The van der Waals surface area contributed by atoms with Crippen molar-refractivity contribution in [2.24, 2.45) is 0 Å². The molecule has 7 heteroatoms. The Morgan fingerprint density at radius 2 is 1.57 bits per heavy atom. The third kappa shape index (κ3) is 5.63. The highest BCUT2D eigenvalue weighted by molar-refractivity contribution is 6.31. The van der Waals surface area contributed by atoms with E-state index in [-0.39, 0.29) is 11.9 Å². The first-order chi connectivity index (χ1) is 13.5. The van der Waals surface area contributed by atoms with Gasteiger partial charge in [-0.3, -0.25) is 4.79 Å². The van der Waals surface area contributed by atoms with Gasteiger partial charge in [0.25, 0.3) is 0 Å². The predicted molar refractivity (Wildman–Crippen MR) is 112 cm³/mol. The fraction of sp³-hybridized carbons (Fsp3) is 0.333. The zero-order valence-corrected chi connectivity index (χ0v) is 17.0. The Bertz CT molecular complexity index is 827. The SMILES string of the molecule is O=C(Cc1ccc(Cl)cc1)N1CCCN(C(=O)NCc2ccccc2Cl)CC1. The van der Waals surface area contributed by atoms with Gasteiger partial charge in [-0.05, 0) is 35.7 Å². The fourth-order valence-electron chi connectivity index (χ4n) is 3.18. The molecule has 3 rings (SSSR count). The second kappa shape index (κ2) is 9.80. The Balaban J connectivity index is 1.49. The van der Waals surface area contributed by atoms with Crippen molar-refractivity contribution in [3.05, 3.63) is 69.7 Å². The minimum absolute atomic E-state index is 0.0700. The summed E-state index contributed by atoms with van der Waals surface area (Å²) in [6.45, 7) is 2.71. The number of amides is 3. The van der Waals surface area contributed by atoms with E-state index in [2.05, 4.69) is 5.32 Å². The summed E-state index contributed by atoms with van der Waals surface area (Å²) in [5.41, 5.74) is 1.82. The van der Waals surface area contributed by atoms with Gasteiger partial charge in [-0.2, -0.15) is 0 Å². The second-order valence-corrected chi connectivity index (χ2v) is 7.62. The maximum atomic E-state index is 12.6. The number of urea groups is 1. The molecular formula is C21H23Cl2N3O2. The Morgan fingerprint density at radius 1 is 0.893 bits per heavy atom. The molecule has 0 radical (unpaired) electrons. The topological polar surface area (TPSA) is 52.7 Å². The molecule has 148 valence electrons. The number of hydrogen-bond acceptors (Lipinski definition) is 2. The molecule has 1 fully saturated rings. The van der Waals surface area contributed by atoms with E-state index in [1.807, 2.05) is 35.2 Å². The highest BCUT2D eigenvalue weighted by Gasteiger charge is 2.22. The number of benzene rings is 2. The van der Waals surface area contributed by atoms with Crippen molar-refractivity contribution < 1.29 is 9.59 Å². The van der Waals surface area contributed by atoms with Crippen molar-refractivity contribution in [1.82, 2.24) is 15.1 Å². The molecular weight excluding hydrogens is 397 g/mol. The van der Waals surface area contributed by atoms with E-state index in [9.17, 15) is 9.59 Å². The van der Waals surface area contributed by atoms with Gasteiger partial charge in [0.1, 0.15) is 0 Å². The van der Waals surface area contributed by atoms with Crippen LogP contribution in [0.25, 0.3) is 0 Å². The smallest absolute Gasteiger partial charge is 0.317 e. The van der Waals surface area contributed by atoms with Crippen LogP contribution >= 0.6 is 23.2 Å². The molecule has 1 aliphatic rings. The zero-order valence-electron chi connectivity index (χ0n) is 15.5. The van der Waals surface area contributed by atoms with E-state index < -0.39 is 0 Å². The van der Waals surface area contributed by atoms with E-state index in [1.54, 1.807) is 23.1 Å². The highest BCUT2D eigenvalue weighted by Crippen LogP contribution is 2.15. The molecule has 0 atom stereocenters. The second-order valence-electron chi connectivity index (χ2n) is 6.77. The minimum Gasteiger partial charge on any atom is -0.341 e. The van der Waals surface area contributed by atoms with Crippen LogP contribution in [0.3, 0.4) is 0 Å². The molecule has 0 saturated carbocycles. The van der Waals surface area contributed by atoms with Gasteiger partial charge in [0, 0.05) is 42.8 Å². The lowest BCUT2D eigenvalue weighted by molar-refractivity contribution is -0.130. The number of nitrogens with zero attached hydrogens (tertiary/aromatic N) is 2. The number of carbonyl (C=O) groups is 2. The van der Waals surface area contributed by atoms with Crippen LogP contribution in [-0.4, -0.2) is 47.9 Å². The summed E-state index contributed by atoms with van der Waals surface area (Å²) in [7, 11) is 0. The van der Waals surface area contributed by atoms with Gasteiger partial charge in [0.05, 0.1) is 6.42 Å². The lowest BCUT2D eigenvalue weighted by Gasteiger charge is -2.22. The summed E-state index contributed by atoms with van der Waals surface area (Å²) in [5, 5.41) is 4.21. The van der Waals surface area contributed by atoms with Crippen LogP contribution < -0.4 is 5.32 Å². The Hall–Kier alpha value is -2.24. The Kier molecular flexibility index (Phi) is 7.18. The van der Waals surface area contributed by atoms with Gasteiger partial charge in [0.2, 0.25) is 5.91 Å². The lowest BCUT2D eigenvalue weighted by Crippen LogP contribution is -2.42. The van der Waals surface area contributed by atoms with Crippen LogP contribution in [0.2, 0.25) is 10.0 Å². The van der Waals surface area contributed by atoms with E-state index in [4.69, 9.17) is 23.2 Å². The molecule has 28 heavy (non-hydrogen) atoms. The van der Waals surface area contributed by atoms with Crippen molar-refractivity contribution in [2.75, 3.05) is 26.2 Å². The molecule has 0 aliphatic carbocycles. The summed E-state index contributed by atoms with van der Waals surface area (Å²) in [5.74, 6) is 0.0700. The molecule has 3 amide bonds. The number of hydrogen-bond donors (Lipinski definition) is 1. The first kappa shape index (κ1) is 20.5. The highest BCUT2D eigenvalue weighted by atomic mass is 35.5. The molecule has 0 spiro atoms. The van der Waals surface area contributed by atoms with E-state index in [0.29, 0.717) is 49.2 Å². The fourth-order valence-corrected chi connectivity index (χ4v) is 3.51. The molecule has 1 aliphatic heterocycles. The Labute approximate surface area is 175 Å². The third-order valence-corrected chi connectivity index (χ3v) is 5.41. The number of halogens is 2. The molecule has 0 bridgehead atoms. The predicted octanol–water partition coefficient (Wildman–Crippen LogP) is 3.98. The van der Waals surface area contributed by atoms with Gasteiger partial charge < -0.3 is 15.1 Å². The number of rotatable bonds is 4. The van der Waals surface area contributed by atoms with Gasteiger partial charge >= 0.3 is 6.03 Å². The first-order valence-electron chi connectivity index (χ1n) is 9.31. The zero-order chi connectivity index (χ0) is 19.9. The number of carbonyl (C=O) groups excluding carboxylic acids is 2. The van der Waals surface area contributed by atoms with E-state index in [1.165, 1.54) is 0 Å². The molecule has 0 aromatic heterocycles. The normalized spacial score (nSPS) is 14.5. The van der Waals surface area contributed by atoms with Gasteiger partial charge in [0.15, 0.2) is 0 Å². The lowest BCUT2D eigenvalue weighted by atomic mass is 10.1. The monoisotopic (exact) mass is 419 g/mol. The molecule has 5 nitrogen and oxygen atoms in total. The van der Waals surface area contributed by atoms with Crippen molar-refractivity contribution in [2.45, 2.75) is 19.4 Å². The quantitative estimate of drug-likeness (QED) is 0.814. The summed E-state index contributed by atoms with van der Waals surface area (Å²) in [4.78, 5) is 28.7. The van der Waals surface area contributed by atoms with Crippen LogP contribution in [0, 0.1) is 0 Å². The molecule has 1 saturated heterocycles. The minimum atomic E-state index is -0.132. The van der Waals surface area contributed by atoms with Gasteiger partial charge in [-0.25, -0.2) is 4.79 Å². The van der Waals surface area contributed by atoms with Crippen LogP contribution in [-0.2, 0) is 17.8 Å². The van der Waals surface area contributed by atoms with Crippen LogP contribution in [0.4, 0.5) is 4.79 Å². The van der Waals surface area contributed by atoms with Crippen molar-refractivity contribution in [3.63, 3.8) is 0 Å². The molecule has 2 aromatic carbocycles. The first-order valence-corrected chi connectivity index (χ1v) is 10.1. The van der Waals surface area contributed by atoms with E-state index >= 15 is 0 Å². The summed E-state index contributed by atoms with van der Waals surface area (Å²) in [6, 6.07) is 14.6. The summed E-state index contributed by atoms with van der Waals surface area (Å²) < 4.78 is 0. The van der Waals surface area contributed by atoms with E-state index in [0.717, 1.165) is 17.5 Å². The van der Waals surface area contributed by atoms with Crippen molar-refractivity contribution >= 4 is 35.1 Å². The van der Waals surface area contributed by atoms with Gasteiger partial charge in [-0.1, -0.05) is 53.5 Å². The van der Waals surface area contributed by atoms with Crippen molar-refractivity contribution in [3.8, 4) is 0 Å². The maximum Gasteiger partial charge on any atom is 0.317 e. The standard InChI is InChI=1S/C21H23Cl2N3O2/c22-18-8-6-16(7-9-18)14-20(27)25-10-3-11-26(13-12-25)21(28)24-15-17-4-1-2-5-19(17)23/h1-2,4-9H,3,10-15H2,(H,24,28). The third-order valence-electron chi connectivity index (χ3n) is 4.79. The molecule has 0 unspecified atom stereocenters. The Morgan fingerprint density at radius 3 is 2.32 bits per heavy atom. The van der Waals surface area contributed by atoms with Crippen LogP contribution in [0.15, 0.2) is 48.5 Å². The van der Waals surface area contributed by atoms with Crippen LogP contribution in [0.5, 0.6) is 0 Å². The average molecular weight is 420 g/mol. The maximum absolute atomic E-state index is 12.6. The largest absolute Gasteiger partial charge is 0.341 e. The number of nitrogens with one attached hydrogen (secondary N) is 1. The molecule has 2 aromatic rings. The van der Waals surface area contributed by atoms with Gasteiger partial charge in [-0.15, -0.1) is 0 Å². The summed E-state index contributed by atoms with van der Waals surface area (Å²) >= 11 is 12.0. The molecule has 1 N–H and O–H groups in total.